The molecule has 7 nitrogen and oxygen atoms in total. The van der Waals surface area contributed by atoms with Crippen LogP contribution in [0.15, 0.2) is 24.3 Å². The quantitative estimate of drug-likeness (QED) is 0.810. The van der Waals surface area contributed by atoms with Crippen molar-refractivity contribution in [2.24, 2.45) is 5.41 Å². The highest BCUT2D eigenvalue weighted by Crippen LogP contribution is 2.24. The lowest BCUT2D eigenvalue weighted by molar-refractivity contribution is -0.149. The van der Waals surface area contributed by atoms with Crippen LogP contribution in [0.25, 0.3) is 0 Å². The molecule has 0 aliphatic carbocycles. The van der Waals surface area contributed by atoms with Gasteiger partial charge in [0, 0.05) is 38.8 Å². The predicted octanol–water partition coefficient (Wildman–Crippen LogP) is 1.74. The number of anilines is 1. The maximum Gasteiger partial charge on any atom is 0.239 e. The van der Waals surface area contributed by atoms with Gasteiger partial charge < -0.3 is 19.9 Å². The number of rotatable bonds is 5. The van der Waals surface area contributed by atoms with E-state index in [2.05, 4.69) is 5.32 Å². The molecule has 1 aromatic carbocycles. The van der Waals surface area contributed by atoms with Crippen LogP contribution in [0.3, 0.4) is 0 Å². The number of piperazine rings is 1. The van der Waals surface area contributed by atoms with E-state index in [-0.39, 0.29) is 17.7 Å². The van der Waals surface area contributed by atoms with Gasteiger partial charge in [-0.3, -0.25) is 14.4 Å². The first kappa shape index (κ1) is 19.8. The minimum atomic E-state index is -1.20. The number of hydrogen-bond donors (Lipinski definition) is 1. The lowest BCUT2D eigenvalue weighted by Gasteiger charge is -2.37. The highest BCUT2D eigenvalue weighted by atomic mass is 16.5. The second kappa shape index (κ2) is 8.21. The van der Waals surface area contributed by atoms with Crippen LogP contribution in [-0.2, 0) is 14.4 Å². The number of carbonyl (C=O) groups is 3. The second-order valence-corrected chi connectivity index (χ2v) is 6.83. The maximum absolute atomic E-state index is 12.8. The number of nitrogens with one attached hydrogen (secondary N) is 1. The first-order valence-corrected chi connectivity index (χ1v) is 8.85. The van der Waals surface area contributed by atoms with Crippen molar-refractivity contribution in [1.29, 1.82) is 0 Å². The van der Waals surface area contributed by atoms with Crippen LogP contribution in [0.5, 0.6) is 5.75 Å². The molecule has 26 heavy (non-hydrogen) atoms. The van der Waals surface area contributed by atoms with Crippen LogP contribution >= 0.6 is 0 Å². The summed E-state index contributed by atoms with van der Waals surface area (Å²) in [4.78, 5) is 40.2. The van der Waals surface area contributed by atoms with E-state index >= 15 is 0 Å². The van der Waals surface area contributed by atoms with Crippen molar-refractivity contribution in [3.05, 3.63) is 24.3 Å². The van der Waals surface area contributed by atoms with Crippen LogP contribution in [0.2, 0.25) is 0 Å². The third kappa shape index (κ3) is 4.53. The SMILES string of the molecule is CCOc1ccc(NC(=O)C(C)(C)C(=O)N2CCN(C(C)=O)CC2)cc1. The lowest BCUT2D eigenvalue weighted by Crippen LogP contribution is -2.55. The van der Waals surface area contributed by atoms with E-state index in [1.807, 2.05) is 6.92 Å². The molecule has 0 spiro atoms. The van der Waals surface area contributed by atoms with E-state index in [1.165, 1.54) is 6.92 Å². The Morgan fingerprint density at radius 2 is 1.58 bits per heavy atom. The zero-order valence-electron chi connectivity index (χ0n) is 15.9. The predicted molar refractivity (Wildman–Crippen MR) is 98.9 cm³/mol. The van der Waals surface area contributed by atoms with E-state index in [0.717, 1.165) is 5.75 Å². The van der Waals surface area contributed by atoms with E-state index < -0.39 is 5.41 Å². The molecule has 1 aromatic rings. The molecule has 0 aromatic heterocycles. The second-order valence-electron chi connectivity index (χ2n) is 6.83. The summed E-state index contributed by atoms with van der Waals surface area (Å²) < 4.78 is 5.37. The fourth-order valence-corrected chi connectivity index (χ4v) is 2.81. The Balaban J connectivity index is 1.98. The molecular weight excluding hydrogens is 334 g/mol. The Morgan fingerprint density at radius 3 is 2.08 bits per heavy atom. The topological polar surface area (TPSA) is 79.0 Å². The molecule has 1 aliphatic rings. The summed E-state index contributed by atoms with van der Waals surface area (Å²) >= 11 is 0. The van der Waals surface area contributed by atoms with Crippen LogP contribution in [0.4, 0.5) is 5.69 Å². The van der Waals surface area contributed by atoms with Crippen molar-refractivity contribution >= 4 is 23.4 Å². The summed E-state index contributed by atoms with van der Waals surface area (Å²) in [7, 11) is 0. The van der Waals surface area contributed by atoms with Crippen LogP contribution < -0.4 is 10.1 Å². The highest BCUT2D eigenvalue weighted by Gasteiger charge is 2.40. The fourth-order valence-electron chi connectivity index (χ4n) is 2.81. The third-order valence-electron chi connectivity index (χ3n) is 4.54. The Kier molecular flexibility index (Phi) is 6.23. The van der Waals surface area contributed by atoms with E-state index in [4.69, 9.17) is 4.74 Å². The molecule has 1 aliphatic heterocycles. The fraction of sp³-hybridized carbons (Fsp3) is 0.526. The molecule has 142 valence electrons. The molecule has 1 saturated heterocycles. The molecule has 0 saturated carbocycles. The average Bonchev–Trinajstić information content (AvgIpc) is 2.63. The summed E-state index contributed by atoms with van der Waals surface area (Å²) in [6, 6.07) is 7.04. The molecule has 2 rings (SSSR count). The van der Waals surface area contributed by atoms with Crippen molar-refractivity contribution in [2.45, 2.75) is 27.7 Å². The average molecular weight is 361 g/mol. The Hall–Kier alpha value is -2.57. The number of benzene rings is 1. The van der Waals surface area contributed by atoms with Gasteiger partial charge in [-0.1, -0.05) is 0 Å². The number of ether oxygens (including phenoxy) is 1. The van der Waals surface area contributed by atoms with Gasteiger partial charge in [-0.2, -0.15) is 0 Å². The molecule has 0 bridgehead atoms. The normalized spacial score (nSPS) is 14.8. The van der Waals surface area contributed by atoms with E-state index in [9.17, 15) is 14.4 Å². The Labute approximate surface area is 154 Å². The van der Waals surface area contributed by atoms with Gasteiger partial charge in [0.25, 0.3) is 0 Å². The molecule has 1 N–H and O–H groups in total. The molecule has 0 unspecified atom stereocenters. The standard InChI is InChI=1S/C19H27N3O4/c1-5-26-16-8-6-15(7-9-16)20-17(24)19(3,4)18(25)22-12-10-21(11-13-22)14(2)23/h6-9H,5,10-13H2,1-4H3,(H,20,24). The summed E-state index contributed by atoms with van der Waals surface area (Å²) in [5, 5.41) is 2.79. The summed E-state index contributed by atoms with van der Waals surface area (Å²) in [6.45, 7) is 9.12. The van der Waals surface area contributed by atoms with Gasteiger partial charge in [-0.05, 0) is 45.0 Å². The van der Waals surface area contributed by atoms with Gasteiger partial charge in [-0.15, -0.1) is 0 Å². The van der Waals surface area contributed by atoms with Gasteiger partial charge in [0.15, 0.2) is 0 Å². The minimum Gasteiger partial charge on any atom is -0.494 e. The number of nitrogens with zero attached hydrogens (tertiary/aromatic N) is 2. The molecule has 1 fully saturated rings. The monoisotopic (exact) mass is 361 g/mol. The summed E-state index contributed by atoms with van der Waals surface area (Å²) in [5.74, 6) is 0.138. The zero-order valence-corrected chi connectivity index (χ0v) is 15.9. The zero-order chi connectivity index (χ0) is 19.3. The van der Waals surface area contributed by atoms with Crippen molar-refractivity contribution in [1.82, 2.24) is 9.80 Å². The van der Waals surface area contributed by atoms with Crippen molar-refractivity contribution in [3.63, 3.8) is 0 Å². The molecular formula is C19H27N3O4. The van der Waals surface area contributed by atoms with Crippen molar-refractivity contribution in [3.8, 4) is 5.75 Å². The van der Waals surface area contributed by atoms with Crippen LogP contribution in [-0.4, -0.2) is 60.3 Å². The van der Waals surface area contributed by atoms with E-state index in [1.54, 1.807) is 47.9 Å². The first-order chi connectivity index (χ1) is 12.3. The van der Waals surface area contributed by atoms with Crippen LogP contribution in [0.1, 0.15) is 27.7 Å². The highest BCUT2D eigenvalue weighted by molar-refractivity contribution is 6.09. The van der Waals surface area contributed by atoms with Crippen LogP contribution in [0, 0.1) is 5.41 Å². The van der Waals surface area contributed by atoms with Crippen molar-refractivity contribution in [2.75, 3.05) is 38.1 Å². The minimum absolute atomic E-state index is 0.00426. The maximum atomic E-state index is 12.8. The van der Waals surface area contributed by atoms with E-state index in [0.29, 0.717) is 38.5 Å². The number of hydrogen-bond acceptors (Lipinski definition) is 4. The molecule has 0 radical (unpaired) electrons. The molecule has 7 heteroatoms. The number of amides is 3. The Bertz CT molecular complexity index is 662. The van der Waals surface area contributed by atoms with Gasteiger partial charge in [0.2, 0.25) is 17.7 Å². The molecule has 3 amide bonds. The van der Waals surface area contributed by atoms with Crippen molar-refractivity contribution < 1.29 is 19.1 Å². The smallest absolute Gasteiger partial charge is 0.239 e. The van der Waals surface area contributed by atoms with Gasteiger partial charge >= 0.3 is 0 Å². The Morgan fingerprint density at radius 1 is 1.04 bits per heavy atom. The summed E-state index contributed by atoms with van der Waals surface area (Å²) in [6.07, 6.45) is 0. The number of carbonyl (C=O) groups excluding carboxylic acids is 3. The largest absolute Gasteiger partial charge is 0.494 e. The molecule has 1 heterocycles. The van der Waals surface area contributed by atoms with Gasteiger partial charge in [-0.25, -0.2) is 0 Å². The third-order valence-corrected chi connectivity index (χ3v) is 4.54. The van der Waals surface area contributed by atoms with Gasteiger partial charge in [0.1, 0.15) is 11.2 Å². The lowest BCUT2D eigenvalue weighted by atomic mass is 9.89. The van der Waals surface area contributed by atoms with Gasteiger partial charge in [0.05, 0.1) is 6.61 Å². The summed E-state index contributed by atoms with van der Waals surface area (Å²) in [5.41, 5.74) is -0.586. The first-order valence-electron chi connectivity index (χ1n) is 8.85. The molecule has 0 atom stereocenters.